The Hall–Kier alpha value is -1.05. The van der Waals surface area contributed by atoms with E-state index in [1.165, 1.54) is 31.4 Å². The van der Waals surface area contributed by atoms with Crippen molar-refractivity contribution in [3.63, 3.8) is 0 Å². The van der Waals surface area contributed by atoms with E-state index in [1.807, 2.05) is 6.07 Å². The average Bonchev–Trinajstić information content (AvgIpc) is 2.70. The zero-order chi connectivity index (χ0) is 15.7. The van der Waals surface area contributed by atoms with Crippen LogP contribution in [0.5, 0.6) is 0 Å². The summed E-state index contributed by atoms with van der Waals surface area (Å²) in [6.07, 6.45) is 8.99. The summed E-state index contributed by atoms with van der Waals surface area (Å²) >= 11 is 0. The molecule has 2 nitrogen and oxygen atoms in total. The maximum atomic E-state index is 12.3. The highest BCUT2D eigenvalue weighted by Crippen LogP contribution is 2.36. The van der Waals surface area contributed by atoms with Crippen LogP contribution >= 0.6 is 0 Å². The lowest BCUT2D eigenvalue weighted by Crippen LogP contribution is -2.29. The summed E-state index contributed by atoms with van der Waals surface area (Å²) in [6.45, 7) is 12.4. The number of Topliss-reactive ketones (excluding diaryl/α,β-unsaturated/α-hetero) is 1. The van der Waals surface area contributed by atoms with Crippen LogP contribution in [0.3, 0.4) is 0 Å². The van der Waals surface area contributed by atoms with Crippen LogP contribution in [0.2, 0.25) is 0 Å². The van der Waals surface area contributed by atoms with Crippen molar-refractivity contribution in [2.24, 2.45) is 10.8 Å². The van der Waals surface area contributed by atoms with E-state index in [4.69, 9.17) is 0 Å². The lowest BCUT2D eigenvalue weighted by molar-refractivity contribution is 0.0908. The molecular formula is C19H31NO. The van der Waals surface area contributed by atoms with Crippen LogP contribution in [-0.4, -0.2) is 10.4 Å². The number of hydrogen-bond acceptors (Lipinski definition) is 1. The van der Waals surface area contributed by atoms with Crippen LogP contribution in [0.15, 0.2) is 12.3 Å². The van der Waals surface area contributed by atoms with Gasteiger partial charge in [0, 0.05) is 30.4 Å². The third kappa shape index (κ3) is 3.99. The number of nitrogens with zero attached hydrogens (tertiary/aromatic N) is 1. The van der Waals surface area contributed by atoms with Crippen LogP contribution < -0.4 is 0 Å². The van der Waals surface area contributed by atoms with Gasteiger partial charge in [0.15, 0.2) is 5.78 Å². The molecule has 0 amide bonds. The van der Waals surface area contributed by atoms with Crippen molar-refractivity contribution in [2.45, 2.75) is 79.7 Å². The molecule has 1 aliphatic rings. The third-order valence-electron chi connectivity index (χ3n) is 4.72. The lowest BCUT2D eigenvalue weighted by atomic mass is 9.76. The lowest BCUT2D eigenvalue weighted by Gasteiger charge is -2.32. The maximum Gasteiger partial charge on any atom is 0.165 e. The molecule has 1 aliphatic carbocycles. The first-order valence-electron chi connectivity index (χ1n) is 8.45. The Balaban J connectivity index is 2.14. The van der Waals surface area contributed by atoms with Crippen LogP contribution in [0.1, 0.15) is 82.8 Å². The molecule has 0 aliphatic heterocycles. The highest BCUT2D eigenvalue weighted by Gasteiger charge is 2.33. The van der Waals surface area contributed by atoms with E-state index in [9.17, 15) is 4.79 Å². The molecule has 1 aromatic rings. The van der Waals surface area contributed by atoms with Crippen LogP contribution in [0.25, 0.3) is 0 Å². The van der Waals surface area contributed by atoms with Crippen LogP contribution in [0, 0.1) is 10.8 Å². The number of hydrogen-bond donors (Lipinski definition) is 0. The number of fused-ring (bicyclic) bond motifs is 1. The van der Waals surface area contributed by atoms with Gasteiger partial charge in [0.1, 0.15) is 0 Å². The van der Waals surface area contributed by atoms with Gasteiger partial charge in [0.25, 0.3) is 0 Å². The Morgan fingerprint density at radius 3 is 2.62 bits per heavy atom. The summed E-state index contributed by atoms with van der Waals surface area (Å²) in [4.78, 5) is 12.3. The first-order chi connectivity index (χ1) is 9.74. The Labute approximate surface area is 129 Å². The number of ketones is 1. The number of rotatable bonds is 6. The fourth-order valence-electron chi connectivity index (χ4n) is 3.54. The summed E-state index contributed by atoms with van der Waals surface area (Å²) in [5, 5.41) is 0. The van der Waals surface area contributed by atoms with Gasteiger partial charge in [-0.2, -0.15) is 0 Å². The van der Waals surface area contributed by atoms with Gasteiger partial charge >= 0.3 is 0 Å². The van der Waals surface area contributed by atoms with E-state index in [0.29, 0.717) is 17.6 Å². The van der Waals surface area contributed by atoms with Crippen molar-refractivity contribution in [3.8, 4) is 0 Å². The summed E-state index contributed by atoms with van der Waals surface area (Å²) in [5.74, 6) is 0.323. The molecule has 21 heavy (non-hydrogen) atoms. The van der Waals surface area contributed by atoms with E-state index in [0.717, 1.165) is 18.5 Å². The predicted octanol–water partition coefficient (Wildman–Crippen LogP) is 5.25. The minimum Gasteiger partial charge on any atom is -0.350 e. The maximum absolute atomic E-state index is 12.3. The largest absolute Gasteiger partial charge is 0.350 e. The Morgan fingerprint density at radius 1 is 1.24 bits per heavy atom. The van der Waals surface area contributed by atoms with Gasteiger partial charge in [-0.3, -0.25) is 4.79 Å². The first-order valence-corrected chi connectivity index (χ1v) is 8.45. The second-order valence-electron chi connectivity index (χ2n) is 8.37. The van der Waals surface area contributed by atoms with Gasteiger partial charge in [-0.1, -0.05) is 53.9 Å². The monoisotopic (exact) mass is 289 g/mol. The fourth-order valence-corrected chi connectivity index (χ4v) is 3.54. The molecule has 0 bridgehead atoms. The van der Waals surface area contributed by atoms with Gasteiger partial charge in [-0.25, -0.2) is 0 Å². The minimum atomic E-state index is 0.104. The van der Waals surface area contributed by atoms with Gasteiger partial charge in [0.05, 0.1) is 0 Å². The minimum absolute atomic E-state index is 0.104. The van der Waals surface area contributed by atoms with E-state index in [1.54, 1.807) is 0 Å². The molecule has 0 saturated carbocycles. The molecule has 0 fully saturated rings. The average molecular weight is 289 g/mol. The summed E-state index contributed by atoms with van der Waals surface area (Å²) in [5.41, 5.74) is 2.64. The van der Waals surface area contributed by atoms with Crippen molar-refractivity contribution in [3.05, 3.63) is 23.5 Å². The molecule has 0 aromatic carbocycles. The molecule has 2 rings (SSSR count). The normalized spacial score (nSPS) is 17.9. The van der Waals surface area contributed by atoms with Crippen molar-refractivity contribution in [1.29, 1.82) is 0 Å². The molecule has 0 atom stereocenters. The number of carbonyl (C=O) groups is 1. The van der Waals surface area contributed by atoms with Crippen LogP contribution in [0.4, 0.5) is 0 Å². The smallest absolute Gasteiger partial charge is 0.165 e. The van der Waals surface area contributed by atoms with Crippen LogP contribution in [-0.2, 0) is 13.0 Å². The van der Waals surface area contributed by atoms with Crippen molar-refractivity contribution >= 4 is 5.78 Å². The summed E-state index contributed by atoms with van der Waals surface area (Å²) in [7, 11) is 0. The second kappa shape index (κ2) is 5.98. The topological polar surface area (TPSA) is 22.0 Å². The standard InChI is InChI=1S/C19H31NO/c1-6-7-8-10-18(2,3)14-20-11-9-15-16(20)12-19(4,5)13-17(15)21/h9,11H,6-8,10,12-14H2,1-5H3. The molecule has 1 heterocycles. The third-order valence-corrected chi connectivity index (χ3v) is 4.72. The van der Waals surface area contributed by atoms with Crippen molar-refractivity contribution in [2.75, 3.05) is 0 Å². The van der Waals surface area contributed by atoms with Gasteiger partial charge in [-0.05, 0) is 29.7 Å². The molecule has 0 saturated heterocycles. The molecule has 0 unspecified atom stereocenters. The highest BCUT2D eigenvalue weighted by molar-refractivity contribution is 5.98. The van der Waals surface area contributed by atoms with E-state index >= 15 is 0 Å². The zero-order valence-corrected chi connectivity index (χ0v) is 14.5. The second-order valence-corrected chi connectivity index (χ2v) is 8.37. The summed E-state index contributed by atoms with van der Waals surface area (Å²) in [6, 6.07) is 2.04. The Morgan fingerprint density at radius 2 is 1.95 bits per heavy atom. The quantitative estimate of drug-likeness (QED) is 0.656. The fraction of sp³-hybridized carbons (Fsp3) is 0.737. The van der Waals surface area contributed by atoms with E-state index in [-0.39, 0.29) is 5.41 Å². The predicted molar refractivity (Wildman–Crippen MR) is 88.8 cm³/mol. The molecule has 0 spiro atoms. The van der Waals surface area contributed by atoms with Gasteiger partial charge in [-0.15, -0.1) is 0 Å². The highest BCUT2D eigenvalue weighted by atomic mass is 16.1. The molecule has 0 radical (unpaired) electrons. The Kier molecular flexibility index (Phi) is 4.65. The molecule has 118 valence electrons. The SMILES string of the molecule is CCCCCC(C)(C)Cn1ccc2c1CC(C)(C)CC2=O. The van der Waals surface area contributed by atoms with Crippen molar-refractivity contribution < 1.29 is 4.79 Å². The first kappa shape index (κ1) is 16.3. The Bertz CT molecular complexity index is 508. The molecule has 1 aromatic heterocycles. The number of unbranched alkanes of at least 4 members (excludes halogenated alkanes) is 2. The van der Waals surface area contributed by atoms with E-state index < -0.39 is 0 Å². The van der Waals surface area contributed by atoms with Crippen molar-refractivity contribution in [1.82, 2.24) is 4.57 Å². The zero-order valence-electron chi connectivity index (χ0n) is 14.5. The van der Waals surface area contributed by atoms with Gasteiger partial charge in [0.2, 0.25) is 0 Å². The van der Waals surface area contributed by atoms with Gasteiger partial charge < -0.3 is 4.57 Å². The summed E-state index contributed by atoms with van der Waals surface area (Å²) < 4.78 is 2.35. The molecule has 0 N–H and O–H groups in total. The molecular weight excluding hydrogens is 258 g/mol. The van der Waals surface area contributed by atoms with E-state index in [2.05, 4.69) is 45.4 Å². The number of aromatic nitrogens is 1. The number of carbonyl (C=O) groups excluding carboxylic acids is 1. The molecule has 2 heteroatoms.